The predicted molar refractivity (Wildman–Crippen MR) is 103 cm³/mol. The lowest BCUT2D eigenvalue weighted by atomic mass is 9.80. The summed E-state index contributed by atoms with van der Waals surface area (Å²) < 4.78 is 16.1. The third-order valence-corrected chi connectivity index (χ3v) is 5.32. The summed E-state index contributed by atoms with van der Waals surface area (Å²) in [6.07, 6.45) is 2.48. The number of aryl methyl sites for hydroxylation is 1. The van der Waals surface area contributed by atoms with Gasteiger partial charge in [0.05, 0.1) is 25.3 Å². The van der Waals surface area contributed by atoms with Crippen LogP contribution in [-0.2, 0) is 25.5 Å². The molecule has 1 aliphatic carbocycles. The number of oxazole rings is 1. The van der Waals surface area contributed by atoms with Crippen molar-refractivity contribution < 1.29 is 23.5 Å². The second kappa shape index (κ2) is 8.56. The second-order valence-corrected chi connectivity index (χ2v) is 7.12. The van der Waals surface area contributed by atoms with Crippen LogP contribution in [0.2, 0.25) is 0 Å². The van der Waals surface area contributed by atoms with Gasteiger partial charge in [-0.3, -0.25) is 4.79 Å². The number of nitrogens with zero attached hydrogens (tertiary/aromatic N) is 1. The van der Waals surface area contributed by atoms with Crippen molar-refractivity contribution >= 4 is 11.9 Å². The van der Waals surface area contributed by atoms with Crippen molar-refractivity contribution in [3.05, 3.63) is 41.8 Å². The molecular weight excluding hydrogens is 360 g/mol. The van der Waals surface area contributed by atoms with E-state index in [0.29, 0.717) is 43.0 Å². The molecule has 150 valence electrons. The molecule has 28 heavy (non-hydrogen) atoms. The summed E-state index contributed by atoms with van der Waals surface area (Å²) >= 11 is 0. The highest BCUT2D eigenvalue weighted by Gasteiger charge is 2.44. The van der Waals surface area contributed by atoms with Crippen molar-refractivity contribution in [1.82, 2.24) is 10.3 Å². The van der Waals surface area contributed by atoms with Gasteiger partial charge in [-0.1, -0.05) is 18.2 Å². The minimum Gasteiger partial charge on any atom is -0.467 e. The minimum atomic E-state index is -1.01. The third kappa shape index (κ3) is 4.25. The fourth-order valence-electron chi connectivity index (χ4n) is 3.65. The van der Waals surface area contributed by atoms with Crippen molar-refractivity contribution in [3.8, 4) is 11.5 Å². The summed E-state index contributed by atoms with van der Waals surface area (Å²) in [4.78, 5) is 29.6. The molecule has 1 fully saturated rings. The number of methoxy groups -OCH3 is 2. The number of hydrogen-bond acceptors (Lipinski definition) is 6. The van der Waals surface area contributed by atoms with Crippen LogP contribution in [0.3, 0.4) is 0 Å². The lowest BCUT2D eigenvalue weighted by Crippen LogP contribution is -2.57. The molecule has 1 amide bonds. The van der Waals surface area contributed by atoms with Crippen molar-refractivity contribution in [1.29, 1.82) is 0 Å². The van der Waals surface area contributed by atoms with Crippen LogP contribution in [0.5, 0.6) is 0 Å². The van der Waals surface area contributed by atoms with Crippen molar-refractivity contribution in [2.24, 2.45) is 0 Å². The molecular formula is C21H26N2O5. The van der Waals surface area contributed by atoms with Gasteiger partial charge in [-0.05, 0) is 44.7 Å². The van der Waals surface area contributed by atoms with E-state index in [4.69, 9.17) is 13.9 Å². The van der Waals surface area contributed by atoms with Crippen LogP contribution in [0.4, 0.5) is 0 Å². The zero-order valence-corrected chi connectivity index (χ0v) is 16.5. The number of amides is 1. The summed E-state index contributed by atoms with van der Waals surface area (Å²) in [5.41, 5.74) is 0.393. The largest absolute Gasteiger partial charge is 0.467 e. The Labute approximate surface area is 164 Å². The summed E-state index contributed by atoms with van der Waals surface area (Å²) in [7, 11) is 3.00. The van der Waals surface area contributed by atoms with Crippen molar-refractivity contribution in [3.63, 3.8) is 0 Å². The first-order valence-electron chi connectivity index (χ1n) is 9.41. The molecule has 0 bridgehead atoms. The van der Waals surface area contributed by atoms with Crippen molar-refractivity contribution in [2.45, 2.75) is 50.7 Å². The monoisotopic (exact) mass is 386 g/mol. The molecule has 0 unspecified atom stereocenters. The van der Waals surface area contributed by atoms with Crippen LogP contribution >= 0.6 is 0 Å². The molecule has 1 saturated carbocycles. The summed E-state index contributed by atoms with van der Waals surface area (Å²) in [6, 6.07) is 9.51. The Hall–Kier alpha value is -2.67. The van der Waals surface area contributed by atoms with Gasteiger partial charge in [0.1, 0.15) is 11.3 Å². The zero-order valence-electron chi connectivity index (χ0n) is 16.5. The van der Waals surface area contributed by atoms with Crippen LogP contribution in [0.15, 0.2) is 34.7 Å². The number of nitrogens with one attached hydrogen (secondary N) is 1. The van der Waals surface area contributed by atoms with Crippen LogP contribution in [0.25, 0.3) is 11.5 Å². The van der Waals surface area contributed by atoms with E-state index in [9.17, 15) is 9.59 Å². The highest BCUT2D eigenvalue weighted by molar-refractivity contribution is 5.89. The van der Waals surface area contributed by atoms with E-state index in [0.717, 1.165) is 5.56 Å². The second-order valence-electron chi connectivity index (χ2n) is 7.12. The van der Waals surface area contributed by atoms with Crippen LogP contribution < -0.4 is 5.32 Å². The Morgan fingerprint density at radius 1 is 1.21 bits per heavy atom. The Balaban J connectivity index is 1.72. The number of esters is 1. The molecule has 1 aliphatic rings. The van der Waals surface area contributed by atoms with Crippen LogP contribution in [0, 0.1) is 6.92 Å². The molecule has 0 atom stereocenters. The van der Waals surface area contributed by atoms with Gasteiger partial charge in [0.25, 0.3) is 0 Å². The van der Waals surface area contributed by atoms with E-state index < -0.39 is 11.5 Å². The van der Waals surface area contributed by atoms with E-state index >= 15 is 0 Å². The van der Waals surface area contributed by atoms with Gasteiger partial charge in [-0.2, -0.15) is 0 Å². The number of benzene rings is 1. The first kappa shape index (κ1) is 20.1. The smallest absolute Gasteiger partial charge is 0.331 e. The molecule has 2 aromatic rings. The highest BCUT2D eigenvalue weighted by Crippen LogP contribution is 2.31. The summed E-state index contributed by atoms with van der Waals surface area (Å²) in [5.74, 6) is 0.364. The maximum absolute atomic E-state index is 12.7. The van der Waals surface area contributed by atoms with Crippen LogP contribution in [-0.4, -0.2) is 42.7 Å². The average molecular weight is 386 g/mol. The quantitative estimate of drug-likeness (QED) is 0.768. The lowest BCUT2D eigenvalue weighted by Gasteiger charge is -2.37. The normalized spacial score (nSPS) is 21.9. The van der Waals surface area contributed by atoms with Gasteiger partial charge in [-0.25, -0.2) is 9.78 Å². The fourth-order valence-corrected chi connectivity index (χ4v) is 3.65. The van der Waals surface area contributed by atoms with Crippen LogP contribution in [0.1, 0.15) is 37.1 Å². The molecule has 7 nitrogen and oxygen atoms in total. The van der Waals surface area contributed by atoms with E-state index in [1.54, 1.807) is 14.0 Å². The number of carbonyl (C=O) groups is 2. The number of ether oxygens (including phenoxy) is 2. The van der Waals surface area contributed by atoms with Crippen molar-refractivity contribution in [2.75, 3.05) is 14.2 Å². The van der Waals surface area contributed by atoms with Gasteiger partial charge < -0.3 is 19.2 Å². The number of carbonyl (C=O) groups excluding carboxylic acids is 2. The molecule has 1 aromatic heterocycles. The predicted octanol–water partition coefficient (Wildman–Crippen LogP) is 2.81. The Morgan fingerprint density at radius 2 is 1.89 bits per heavy atom. The molecule has 0 radical (unpaired) electrons. The zero-order chi connectivity index (χ0) is 20.1. The van der Waals surface area contributed by atoms with Gasteiger partial charge in [0.15, 0.2) is 0 Å². The lowest BCUT2D eigenvalue weighted by molar-refractivity contribution is -0.153. The van der Waals surface area contributed by atoms with E-state index in [1.165, 1.54) is 7.11 Å². The maximum atomic E-state index is 12.7. The minimum absolute atomic E-state index is 0.0363. The standard InChI is InChI=1S/C21H26N2O5/c1-14-17(22-19(28-14)15-7-5-4-6-8-15)13-18(24)23-21(20(25)27-3)11-9-16(26-2)10-12-21/h4-8,16H,9-13H2,1-3H3,(H,23,24). The number of aromatic nitrogens is 1. The summed E-state index contributed by atoms with van der Waals surface area (Å²) in [5, 5.41) is 2.90. The molecule has 0 aliphatic heterocycles. The molecule has 0 spiro atoms. The Kier molecular flexibility index (Phi) is 6.14. The highest BCUT2D eigenvalue weighted by atomic mass is 16.5. The van der Waals surface area contributed by atoms with Gasteiger partial charge in [-0.15, -0.1) is 0 Å². The molecule has 7 heteroatoms. The van der Waals surface area contributed by atoms with Gasteiger partial charge in [0.2, 0.25) is 11.8 Å². The van der Waals surface area contributed by atoms with Gasteiger partial charge in [0, 0.05) is 12.7 Å². The molecule has 1 aromatic carbocycles. The van der Waals surface area contributed by atoms with Gasteiger partial charge >= 0.3 is 5.97 Å². The SMILES string of the molecule is COC(=O)C1(NC(=O)Cc2nc(-c3ccccc3)oc2C)CCC(OC)CC1. The molecule has 1 N–H and O–H groups in total. The Morgan fingerprint density at radius 3 is 2.50 bits per heavy atom. The van der Waals surface area contributed by atoms with E-state index in [-0.39, 0.29) is 18.4 Å². The molecule has 3 rings (SSSR count). The molecule has 1 heterocycles. The van der Waals surface area contributed by atoms with E-state index in [1.807, 2.05) is 30.3 Å². The fraction of sp³-hybridized carbons (Fsp3) is 0.476. The first-order chi connectivity index (χ1) is 13.5. The topological polar surface area (TPSA) is 90.7 Å². The summed E-state index contributed by atoms with van der Waals surface area (Å²) in [6.45, 7) is 1.78. The Bertz CT molecular complexity index is 823. The first-order valence-corrected chi connectivity index (χ1v) is 9.41. The molecule has 0 saturated heterocycles. The average Bonchev–Trinajstić information content (AvgIpc) is 3.08. The van der Waals surface area contributed by atoms with E-state index in [2.05, 4.69) is 10.3 Å². The number of hydrogen-bond donors (Lipinski definition) is 1. The third-order valence-electron chi connectivity index (χ3n) is 5.32. The maximum Gasteiger partial charge on any atom is 0.331 e. The number of rotatable bonds is 6.